The maximum Gasteiger partial charge on any atom is 0.249 e. The molecule has 3 heterocycles. The van der Waals surface area contributed by atoms with Gasteiger partial charge in [0, 0.05) is 43.0 Å². The van der Waals surface area contributed by atoms with Gasteiger partial charge in [0.15, 0.2) is 5.82 Å². The van der Waals surface area contributed by atoms with Gasteiger partial charge in [0.1, 0.15) is 11.7 Å². The number of carbonyl (C=O) groups is 1. The SMILES string of the molecule is CC[C@@H]1C(=O)N(C)c2ccc(Nc3ncc(F)c(-c4c(C5CCC5)nn(C)c4C)n3)cc2N1C(C)C. The molecule has 8 nitrogen and oxygen atoms in total. The number of fused-ring (bicyclic) bond motifs is 1. The average Bonchev–Trinajstić information content (AvgIpc) is 3.09. The minimum absolute atomic E-state index is 0.0972. The highest BCUT2D eigenvalue weighted by Gasteiger charge is 2.37. The molecule has 1 saturated carbocycles. The Morgan fingerprint density at radius 1 is 1.19 bits per heavy atom. The van der Waals surface area contributed by atoms with Crippen molar-refractivity contribution in [3.63, 3.8) is 0 Å². The summed E-state index contributed by atoms with van der Waals surface area (Å²) in [7, 11) is 3.71. The van der Waals surface area contributed by atoms with E-state index in [1.54, 1.807) is 4.90 Å². The van der Waals surface area contributed by atoms with Crippen molar-refractivity contribution in [2.45, 2.75) is 71.4 Å². The molecule has 36 heavy (non-hydrogen) atoms. The second kappa shape index (κ2) is 9.19. The first-order valence-corrected chi connectivity index (χ1v) is 12.7. The van der Waals surface area contributed by atoms with Crippen molar-refractivity contribution in [2.75, 3.05) is 22.2 Å². The van der Waals surface area contributed by atoms with Gasteiger partial charge in [-0.05, 0) is 58.2 Å². The molecule has 1 amide bonds. The fraction of sp³-hybridized carbons (Fsp3) is 0.481. The van der Waals surface area contributed by atoms with Gasteiger partial charge in [-0.1, -0.05) is 13.3 Å². The molecule has 1 fully saturated rings. The maximum atomic E-state index is 15.0. The summed E-state index contributed by atoms with van der Waals surface area (Å²) in [6, 6.07) is 5.78. The smallest absolute Gasteiger partial charge is 0.249 e. The van der Waals surface area contributed by atoms with Gasteiger partial charge in [-0.3, -0.25) is 9.48 Å². The van der Waals surface area contributed by atoms with E-state index < -0.39 is 5.82 Å². The van der Waals surface area contributed by atoms with Crippen molar-refractivity contribution >= 4 is 28.9 Å². The number of nitrogens with one attached hydrogen (secondary N) is 1. The normalized spacial score (nSPS) is 18.0. The van der Waals surface area contributed by atoms with Crippen LogP contribution in [0.25, 0.3) is 11.3 Å². The lowest BCUT2D eigenvalue weighted by Crippen LogP contribution is -2.54. The largest absolute Gasteiger partial charge is 0.355 e. The second-order valence-electron chi connectivity index (χ2n) is 10.1. The van der Waals surface area contributed by atoms with Crippen LogP contribution in [0.1, 0.15) is 63.8 Å². The second-order valence-corrected chi connectivity index (χ2v) is 10.1. The molecule has 5 rings (SSSR count). The number of aromatic nitrogens is 4. The third-order valence-corrected chi connectivity index (χ3v) is 7.60. The molecule has 1 atom stereocenters. The van der Waals surface area contributed by atoms with Crippen molar-refractivity contribution < 1.29 is 9.18 Å². The highest BCUT2D eigenvalue weighted by molar-refractivity contribution is 6.05. The van der Waals surface area contributed by atoms with Crippen LogP contribution in [0.4, 0.5) is 27.4 Å². The monoisotopic (exact) mass is 491 g/mol. The van der Waals surface area contributed by atoms with Gasteiger partial charge >= 0.3 is 0 Å². The first kappa shape index (κ1) is 24.2. The summed E-state index contributed by atoms with van der Waals surface area (Å²) < 4.78 is 16.9. The fourth-order valence-corrected chi connectivity index (χ4v) is 5.36. The van der Waals surface area contributed by atoms with Crippen LogP contribution in [0.5, 0.6) is 0 Å². The van der Waals surface area contributed by atoms with E-state index >= 15 is 4.39 Å². The van der Waals surface area contributed by atoms with Gasteiger partial charge in [-0.25, -0.2) is 14.4 Å². The Balaban J connectivity index is 1.52. The van der Waals surface area contributed by atoms with E-state index in [4.69, 9.17) is 5.10 Å². The molecule has 9 heteroatoms. The predicted molar refractivity (Wildman–Crippen MR) is 140 cm³/mol. The summed E-state index contributed by atoms with van der Waals surface area (Å²) in [5, 5.41) is 7.96. The zero-order valence-corrected chi connectivity index (χ0v) is 21.8. The van der Waals surface area contributed by atoms with Crippen LogP contribution in [0.2, 0.25) is 0 Å². The topological polar surface area (TPSA) is 79.2 Å². The molecule has 3 aromatic rings. The molecule has 1 aromatic carbocycles. The summed E-state index contributed by atoms with van der Waals surface area (Å²) in [5.74, 6) is 0.302. The molecule has 0 unspecified atom stereocenters. The third kappa shape index (κ3) is 3.90. The first-order valence-electron chi connectivity index (χ1n) is 12.7. The van der Waals surface area contributed by atoms with E-state index in [0.717, 1.165) is 53.3 Å². The van der Waals surface area contributed by atoms with Crippen LogP contribution >= 0.6 is 0 Å². The number of hydrogen-bond donors (Lipinski definition) is 1. The number of nitrogens with zero attached hydrogens (tertiary/aromatic N) is 6. The predicted octanol–water partition coefficient (Wildman–Crippen LogP) is 5.31. The number of halogens is 1. The minimum Gasteiger partial charge on any atom is -0.355 e. The molecule has 2 aliphatic rings. The van der Waals surface area contributed by atoms with E-state index in [2.05, 4.69) is 34.0 Å². The lowest BCUT2D eigenvalue weighted by molar-refractivity contribution is -0.120. The van der Waals surface area contributed by atoms with Crippen molar-refractivity contribution in [1.29, 1.82) is 0 Å². The summed E-state index contributed by atoms with van der Waals surface area (Å²) in [6.45, 7) is 8.17. The van der Waals surface area contributed by atoms with Crippen LogP contribution in [0.3, 0.4) is 0 Å². The lowest BCUT2D eigenvalue weighted by Gasteiger charge is -2.44. The number of amides is 1. The average molecular weight is 492 g/mol. The summed E-state index contributed by atoms with van der Waals surface area (Å²) in [4.78, 5) is 25.7. The molecule has 0 spiro atoms. The lowest BCUT2D eigenvalue weighted by atomic mass is 9.81. The summed E-state index contributed by atoms with van der Waals surface area (Å²) in [5.41, 5.74) is 5.47. The Morgan fingerprint density at radius 3 is 2.58 bits per heavy atom. The molecule has 1 aliphatic heterocycles. The van der Waals surface area contributed by atoms with Crippen molar-refractivity contribution in [2.24, 2.45) is 7.05 Å². The van der Waals surface area contributed by atoms with Crippen LogP contribution in [-0.4, -0.2) is 44.8 Å². The number of likely N-dealkylation sites (N-methyl/N-ethyl adjacent to an activating group) is 1. The number of aryl methyl sites for hydroxylation is 1. The highest BCUT2D eigenvalue weighted by Crippen LogP contribution is 2.42. The quantitative estimate of drug-likeness (QED) is 0.504. The van der Waals surface area contributed by atoms with Crippen molar-refractivity contribution in [3.8, 4) is 11.3 Å². The maximum absolute atomic E-state index is 15.0. The summed E-state index contributed by atoms with van der Waals surface area (Å²) in [6.07, 6.45) is 5.25. The fourth-order valence-electron chi connectivity index (χ4n) is 5.36. The van der Waals surface area contributed by atoms with Gasteiger partial charge in [-0.2, -0.15) is 5.10 Å². The Bertz CT molecular complexity index is 1310. The van der Waals surface area contributed by atoms with Crippen LogP contribution in [0.15, 0.2) is 24.4 Å². The molecule has 0 radical (unpaired) electrons. The Morgan fingerprint density at radius 2 is 1.94 bits per heavy atom. The minimum atomic E-state index is -0.459. The zero-order valence-electron chi connectivity index (χ0n) is 21.8. The standard InChI is InChI=1S/C27H34FN7O/c1-7-20-26(36)33(5)21-12-11-18(13-22(21)35(20)15(2)3)30-27-29-14-19(28)25(31-27)23-16(4)34(6)32-24(23)17-9-8-10-17/h11-15,17,20H,7-10H2,1-6H3,(H,29,30,31)/t20-/m1/s1. The van der Waals surface area contributed by atoms with Crippen molar-refractivity contribution in [1.82, 2.24) is 19.7 Å². The number of anilines is 4. The third-order valence-electron chi connectivity index (χ3n) is 7.60. The van der Waals surface area contributed by atoms with Crippen molar-refractivity contribution in [3.05, 3.63) is 41.6 Å². The highest BCUT2D eigenvalue weighted by atomic mass is 19.1. The molecule has 0 saturated heterocycles. The van der Waals surface area contributed by atoms with E-state index in [1.807, 2.05) is 50.8 Å². The van der Waals surface area contributed by atoms with Crippen LogP contribution in [0, 0.1) is 12.7 Å². The molecular weight excluding hydrogens is 457 g/mol. The van der Waals surface area contributed by atoms with Gasteiger partial charge in [0.25, 0.3) is 0 Å². The Labute approximate surface area is 211 Å². The van der Waals surface area contributed by atoms with E-state index in [-0.39, 0.29) is 23.7 Å². The first-order chi connectivity index (χ1) is 17.2. The van der Waals surface area contributed by atoms with Gasteiger partial charge in [0.2, 0.25) is 11.9 Å². The van der Waals surface area contributed by atoms with Gasteiger partial charge < -0.3 is 15.1 Å². The number of rotatable bonds is 6. The van der Waals surface area contributed by atoms with Crippen LogP contribution in [-0.2, 0) is 11.8 Å². The molecule has 0 bridgehead atoms. The molecule has 1 N–H and O–H groups in total. The van der Waals surface area contributed by atoms with Crippen LogP contribution < -0.4 is 15.1 Å². The van der Waals surface area contributed by atoms with E-state index in [9.17, 15) is 4.79 Å². The number of hydrogen-bond acceptors (Lipinski definition) is 6. The molecular formula is C27H34FN7O. The van der Waals surface area contributed by atoms with E-state index in [1.165, 1.54) is 12.6 Å². The molecule has 190 valence electrons. The molecule has 1 aliphatic carbocycles. The summed E-state index contributed by atoms with van der Waals surface area (Å²) >= 11 is 0. The Kier molecular flexibility index (Phi) is 6.18. The van der Waals surface area contributed by atoms with Gasteiger partial charge in [-0.15, -0.1) is 0 Å². The Hall–Kier alpha value is -3.49. The number of benzene rings is 1. The number of carbonyl (C=O) groups excluding carboxylic acids is 1. The molecule has 2 aromatic heterocycles. The van der Waals surface area contributed by atoms with E-state index in [0.29, 0.717) is 11.9 Å². The zero-order chi connectivity index (χ0) is 25.7. The van der Waals surface area contributed by atoms with Gasteiger partial charge in [0.05, 0.1) is 23.3 Å².